The molecule has 0 bridgehead atoms. The number of nitrogens with zero attached hydrogens (tertiary/aromatic N) is 1. The van der Waals surface area contributed by atoms with Crippen LogP contribution < -0.4 is 5.32 Å². The van der Waals surface area contributed by atoms with Crippen LogP contribution in [0.3, 0.4) is 0 Å². The van der Waals surface area contributed by atoms with Crippen molar-refractivity contribution in [2.24, 2.45) is 0 Å². The summed E-state index contributed by atoms with van der Waals surface area (Å²) in [5, 5.41) is 3.31. The molecule has 0 aromatic carbocycles. The number of hydrogen-bond donors (Lipinski definition) is 1. The first-order chi connectivity index (χ1) is 7.27. The normalized spacial score (nSPS) is 13.1. The second-order valence-electron chi connectivity index (χ2n) is 3.37. The van der Waals surface area contributed by atoms with Crippen LogP contribution in [0.15, 0.2) is 24.5 Å². The maximum Gasteiger partial charge on any atom is 0.171 e. The predicted octanol–water partition coefficient (Wildman–Crippen LogP) is 1.18. The minimum atomic E-state index is -0.221. The summed E-state index contributed by atoms with van der Waals surface area (Å²) in [6, 6.07) is 4.09. The molecule has 0 radical (unpaired) electrons. The van der Waals surface area contributed by atoms with Crippen LogP contribution in [0, 0.1) is 0 Å². The Kier molecular flexibility index (Phi) is 5.25. The predicted molar refractivity (Wildman–Crippen MR) is 58.3 cm³/mol. The topological polar surface area (TPSA) is 43.4 Å². The van der Waals surface area contributed by atoms with E-state index in [-0.39, 0.29) is 12.3 Å². The minimum Gasteiger partial charge on any atom is -0.354 e. The van der Waals surface area contributed by atoms with E-state index in [9.17, 15) is 0 Å². The van der Waals surface area contributed by atoms with Gasteiger partial charge < -0.3 is 14.8 Å². The third-order valence-corrected chi connectivity index (χ3v) is 2.22. The summed E-state index contributed by atoms with van der Waals surface area (Å²) in [4.78, 5) is 4.05. The Morgan fingerprint density at radius 1 is 1.40 bits per heavy atom. The highest BCUT2D eigenvalue weighted by Crippen LogP contribution is 2.01. The SMILES string of the molecule is COC(OC)C(C)NCc1cccnc1. The van der Waals surface area contributed by atoms with Crippen molar-refractivity contribution in [3.63, 3.8) is 0 Å². The summed E-state index contributed by atoms with van der Waals surface area (Å²) in [5.41, 5.74) is 1.15. The van der Waals surface area contributed by atoms with Gasteiger partial charge in [0.1, 0.15) is 0 Å². The molecule has 0 aliphatic heterocycles. The first-order valence-electron chi connectivity index (χ1n) is 4.95. The second-order valence-corrected chi connectivity index (χ2v) is 3.37. The van der Waals surface area contributed by atoms with Crippen molar-refractivity contribution < 1.29 is 9.47 Å². The van der Waals surface area contributed by atoms with Gasteiger partial charge in [-0.05, 0) is 18.6 Å². The molecule has 84 valence electrons. The summed E-state index contributed by atoms with van der Waals surface area (Å²) in [7, 11) is 3.27. The zero-order chi connectivity index (χ0) is 11.1. The maximum atomic E-state index is 5.15. The molecule has 4 heteroatoms. The van der Waals surface area contributed by atoms with Crippen molar-refractivity contribution in [1.29, 1.82) is 0 Å². The number of nitrogens with one attached hydrogen (secondary N) is 1. The Labute approximate surface area is 90.6 Å². The van der Waals surface area contributed by atoms with Gasteiger partial charge in [0.15, 0.2) is 6.29 Å². The Hall–Kier alpha value is -0.970. The highest BCUT2D eigenvalue weighted by Gasteiger charge is 2.14. The van der Waals surface area contributed by atoms with E-state index < -0.39 is 0 Å². The highest BCUT2D eigenvalue weighted by molar-refractivity contribution is 5.07. The number of rotatable bonds is 6. The third-order valence-electron chi connectivity index (χ3n) is 2.22. The lowest BCUT2D eigenvalue weighted by Crippen LogP contribution is -2.39. The average molecular weight is 210 g/mol. The minimum absolute atomic E-state index is 0.139. The number of hydrogen-bond acceptors (Lipinski definition) is 4. The molecule has 15 heavy (non-hydrogen) atoms. The molecule has 0 saturated carbocycles. The summed E-state index contributed by atoms with van der Waals surface area (Å²) in [6.07, 6.45) is 3.38. The molecule has 1 atom stereocenters. The average Bonchev–Trinajstić information content (AvgIpc) is 2.29. The Balaban J connectivity index is 2.36. The lowest BCUT2D eigenvalue weighted by molar-refractivity contribution is -0.119. The molecule has 0 spiro atoms. The molecule has 0 fully saturated rings. The van der Waals surface area contributed by atoms with Crippen molar-refractivity contribution >= 4 is 0 Å². The van der Waals surface area contributed by atoms with Gasteiger partial charge in [-0.15, -0.1) is 0 Å². The van der Waals surface area contributed by atoms with Gasteiger partial charge in [-0.25, -0.2) is 0 Å². The van der Waals surface area contributed by atoms with Gasteiger partial charge in [-0.2, -0.15) is 0 Å². The van der Waals surface area contributed by atoms with Gasteiger partial charge in [0.25, 0.3) is 0 Å². The molecule has 0 saturated heterocycles. The van der Waals surface area contributed by atoms with Crippen LogP contribution >= 0.6 is 0 Å². The first-order valence-corrected chi connectivity index (χ1v) is 4.95. The van der Waals surface area contributed by atoms with Crippen molar-refractivity contribution in [2.75, 3.05) is 14.2 Å². The highest BCUT2D eigenvalue weighted by atomic mass is 16.7. The first kappa shape index (κ1) is 12.1. The number of pyridine rings is 1. The fourth-order valence-corrected chi connectivity index (χ4v) is 1.38. The van der Waals surface area contributed by atoms with Crippen molar-refractivity contribution in [1.82, 2.24) is 10.3 Å². The molecule has 1 N–H and O–H groups in total. The Morgan fingerprint density at radius 2 is 2.13 bits per heavy atom. The third kappa shape index (κ3) is 3.95. The van der Waals surface area contributed by atoms with E-state index in [0.717, 1.165) is 12.1 Å². The second kappa shape index (κ2) is 6.50. The molecule has 1 aromatic rings. The molecule has 1 unspecified atom stereocenters. The van der Waals surface area contributed by atoms with Gasteiger partial charge in [0, 0.05) is 33.2 Å². The van der Waals surface area contributed by atoms with Crippen molar-refractivity contribution in [3.8, 4) is 0 Å². The van der Waals surface area contributed by atoms with Crippen LogP contribution in [0.1, 0.15) is 12.5 Å². The fourth-order valence-electron chi connectivity index (χ4n) is 1.38. The van der Waals surface area contributed by atoms with Crippen LogP contribution in [-0.2, 0) is 16.0 Å². The van der Waals surface area contributed by atoms with E-state index in [1.54, 1.807) is 20.4 Å². The lowest BCUT2D eigenvalue weighted by Gasteiger charge is -2.22. The summed E-state index contributed by atoms with van der Waals surface area (Å²) in [6.45, 7) is 2.78. The van der Waals surface area contributed by atoms with E-state index in [2.05, 4.69) is 10.3 Å². The van der Waals surface area contributed by atoms with Crippen LogP contribution in [0.4, 0.5) is 0 Å². The maximum absolute atomic E-state index is 5.15. The quantitative estimate of drug-likeness (QED) is 0.716. The van der Waals surface area contributed by atoms with Crippen molar-refractivity contribution in [3.05, 3.63) is 30.1 Å². The summed E-state index contributed by atoms with van der Waals surface area (Å²) >= 11 is 0. The lowest BCUT2D eigenvalue weighted by atomic mass is 10.2. The van der Waals surface area contributed by atoms with Gasteiger partial charge in [-0.1, -0.05) is 6.07 Å². The van der Waals surface area contributed by atoms with E-state index in [1.165, 1.54) is 0 Å². The standard InChI is InChI=1S/C11H18N2O2/c1-9(11(14-2)15-3)13-8-10-5-4-6-12-7-10/h4-7,9,11,13H,8H2,1-3H3. The molecule has 4 nitrogen and oxygen atoms in total. The molecular formula is C11H18N2O2. The van der Waals surface area contributed by atoms with Gasteiger partial charge >= 0.3 is 0 Å². The molecular weight excluding hydrogens is 192 g/mol. The summed E-state index contributed by atoms with van der Waals surface area (Å²) in [5.74, 6) is 0. The van der Waals surface area contributed by atoms with E-state index in [4.69, 9.17) is 9.47 Å². The van der Waals surface area contributed by atoms with E-state index in [1.807, 2.05) is 25.3 Å². The number of methoxy groups -OCH3 is 2. The van der Waals surface area contributed by atoms with Gasteiger partial charge in [0.05, 0.1) is 6.04 Å². The molecule has 0 aliphatic rings. The molecule has 1 aromatic heterocycles. The van der Waals surface area contributed by atoms with E-state index in [0.29, 0.717) is 0 Å². The van der Waals surface area contributed by atoms with E-state index >= 15 is 0 Å². The molecule has 1 rings (SSSR count). The number of aromatic nitrogens is 1. The molecule has 0 aliphatic carbocycles. The molecule has 1 heterocycles. The Morgan fingerprint density at radius 3 is 2.67 bits per heavy atom. The monoisotopic (exact) mass is 210 g/mol. The van der Waals surface area contributed by atoms with Crippen LogP contribution in [0.2, 0.25) is 0 Å². The molecule has 0 amide bonds. The number of ether oxygens (including phenoxy) is 2. The van der Waals surface area contributed by atoms with Crippen LogP contribution in [0.25, 0.3) is 0 Å². The van der Waals surface area contributed by atoms with Crippen LogP contribution in [-0.4, -0.2) is 31.5 Å². The largest absolute Gasteiger partial charge is 0.354 e. The smallest absolute Gasteiger partial charge is 0.171 e. The van der Waals surface area contributed by atoms with Gasteiger partial charge in [-0.3, -0.25) is 4.98 Å². The van der Waals surface area contributed by atoms with Crippen molar-refractivity contribution in [2.45, 2.75) is 25.8 Å². The zero-order valence-electron chi connectivity index (χ0n) is 9.43. The van der Waals surface area contributed by atoms with Crippen LogP contribution in [0.5, 0.6) is 0 Å². The summed E-state index contributed by atoms with van der Waals surface area (Å²) < 4.78 is 10.3. The zero-order valence-corrected chi connectivity index (χ0v) is 9.43. The fraction of sp³-hybridized carbons (Fsp3) is 0.545. The van der Waals surface area contributed by atoms with Gasteiger partial charge in [0.2, 0.25) is 0 Å². The Bertz CT molecular complexity index is 263.